The van der Waals surface area contributed by atoms with Crippen LogP contribution in [-0.2, 0) is 6.54 Å². The summed E-state index contributed by atoms with van der Waals surface area (Å²) in [5, 5.41) is 3.63. The second kappa shape index (κ2) is 5.24. The van der Waals surface area contributed by atoms with Gasteiger partial charge in [0.05, 0.1) is 17.6 Å². The van der Waals surface area contributed by atoms with E-state index in [-0.39, 0.29) is 0 Å². The number of piperidine rings is 1. The average Bonchev–Trinajstić information content (AvgIpc) is 3.08. The maximum Gasteiger partial charge on any atom is 0.131 e. The first kappa shape index (κ1) is 13.5. The molecule has 2 heterocycles. The predicted molar refractivity (Wildman–Crippen MR) is 84.5 cm³/mol. The van der Waals surface area contributed by atoms with Crippen molar-refractivity contribution in [2.75, 3.05) is 11.4 Å². The number of rotatable bonds is 5. The molecule has 0 radical (unpaired) electrons. The molecule has 2 atom stereocenters. The minimum absolute atomic E-state index is 0.397. The lowest BCUT2D eigenvalue weighted by Crippen LogP contribution is -2.34. The molecule has 1 N–H and O–H groups in total. The summed E-state index contributed by atoms with van der Waals surface area (Å²) in [6, 6.07) is 1.47. The summed E-state index contributed by atoms with van der Waals surface area (Å²) in [6.45, 7) is 6.46. The largest absolute Gasteiger partial charge is 0.365 e. The minimum atomic E-state index is 0.397. The lowest BCUT2D eigenvalue weighted by atomic mass is 10.1. The Morgan fingerprint density at radius 1 is 1.29 bits per heavy atom. The van der Waals surface area contributed by atoms with Crippen LogP contribution in [0.3, 0.4) is 0 Å². The Morgan fingerprint density at radius 3 is 2.76 bits per heavy atom. The molecule has 4 nitrogen and oxygen atoms in total. The second-order valence-corrected chi connectivity index (χ2v) is 7.36. The molecule has 1 aromatic heterocycles. The van der Waals surface area contributed by atoms with Crippen molar-refractivity contribution < 1.29 is 0 Å². The zero-order valence-corrected chi connectivity index (χ0v) is 13.2. The number of hydrogen-bond acceptors (Lipinski definition) is 4. The number of aromatic nitrogens is 2. The van der Waals surface area contributed by atoms with Gasteiger partial charge in [-0.15, -0.1) is 0 Å². The first-order chi connectivity index (χ1) is 10.2. The van der Waals surface area contributed by atoms with E-state index in [9.17, 15) is 0 Å². The van der Waals surface area contributed by atoms with Crippen LogP contribution in [0.1, 0.15) is 63.4 Å². The zero-order valence-electron chi connectivity index (χ0n) is 13.2. The zero-order chi connectivity index (χ0) is 14.4. The van der Waals surface area contributed by atoms with Crippen LogP contribution in [0.2, 0.25) is 0 Å². The number of hydrogen-bond donors (Lipinski definition) is 1. The van der Waals surface area contributed by atoms with Gasteiger partial charge in [0.15, 0.2) is 0 Å². The molecule has 2 bridgehead atoms. The van der Waals surface area contributed by atoms with Gasteiger partial charge < -0.3 is 10.2 Å². The molecule has 2 saturated carbocycles. The molecule has 3 aliphatic rings. The van der Waals surface area contributed by atoms with Crippen LogP contribution in [0.15, 0.2) is 6.20 Å². The predicted octanol–water partition coefficient (Wildman–Crippen LogP) is 2.84. The van der Waals surface area contributed by atoms with Crippen molar-refractivity contribution in [3.05, 3.63) is 17.7 Å². The average molecular weight is 286 g/mol. The molecule has 1 saturated heterocycles. The molecule has 1 aromatic rings. The van der Waals surface area contributed by atoms with Gasteiger partial charge in [-0.3, -0.25) is 0 Å². The first-order valence-electron chi connectivity index (χ1n) is 8.56. The van der Waals surface area contributed by atoms with E-state index >= 15 is 0 Å². The molecule has 114 valence electrons. The number of nitrogens with zero attached hydrogens (tertiary/aromatic N) is 3. The highest BCUT2D eigenvalue weighted by molar-refractivity contribution is 5.52. The molecule has 2 unspecified atom stereocenters. The normalized spacial score (nSPS) is 27.9. The van der Waals surface area contributed by atoms with E-state index in [2.05, 4.69) is 35.2 Å². The van der Waals surface area contributed by atoms with E-state index in [4.69, 9.17) is 4.98 Å². The summed E-state index contributed by atoms with van der Waals surface area (Å²) in [6.07, 6.45) is 8.89. The Bertz CT molecular complexity index is 524. The van der Waals surface area contributed by atoms with Gasteiger partial charge in [0.1, 0.15) is 5.82 Å². The van der Waals surface area contributed by atoms with Crippen molar-refractivity contribution in [3.8, 4) is 0 Å². The Morgan fingerprint density at radius 2 is 2.14 bits per heavy atom. The lowest BCUT2D eigenvalue weighted by Gasteiger charge is -2.30. The number of fused-ring (bicyclic) bond motifs is 2. The topological polar surface area (TPSA) is 41.1 Å². The highest BCUT2D eigenvalue weighted by atomic mass is 15.2. The lowest BCUT2D eigenvalue weighted by molar-refractivity contribution is 0.548. The molecule has 0 aromatic carbocycles. The quantitative estimate of drug-likeness (QED) is 0.903. The molecular formula is C17H26N4. The standard InChI is InChI=1S/C17H26N4/c1-11(2)17-19-9-16(15(20-17)8-18-13-4-5-13)21-10-12-3-6-14(21)7-12/h9,11-14,18H,3-8,10H2,1-2H3. The third kappa shape index (κ3) is 2.66. The highest BCUT2D eigenvalue weighted by Crippen LogP contribution is 2.41. The summed E-state index contributed by atoms with van der Waals surface area (Å²) in [4.78, 5) is 12.1. The van der Waals surface area contributed by atoms with Crippen molar-refractivity contribution >= 4 is 5.69 Å². The third-order valence-corrected chi connectivity index (χ3v) is 5.23. The van der Waals surface area contributed by atoms with Crippen LogP contribution in [0.5, 0.6) is 0 Å². The van der Waals surface area contributed by atoms with Crippen LogP contribution in [0, 0.1) is 5.92 Å². The van der Waals surface area contributed by atoms with Crippen molar-refractivity contribution in [3.63, 3.8) is 0 Å². The second-order valence-electron chi connectivity index (χ2n) is 7.36. The summed E-state index contributed by atoms with van der Waals surface area (Å²) in [7, 11) is 0. The van der Waals surface area contributed by atoms with Gasteiger partial charge in [-0.25, -0.2) is 9.97 Å². The van der Waals surface area contributed by atoms with Gasteiger partial charge in [-0.2, -0.15) is 0 Å². The van der Waals surface area contributed by atoms with Crippen molar-refractivity contribution in [2.45, 2.75) is 70.5 Å². The molecule has 4 heteroatoms. The fourth-order valence-electron chi connectivity index (χ4n) is 3.82. The maximum absolute atomic E-state index is 4.88. The van der Waals surface area contributed by atoms with Crippen LogP contribution < -0.4 is 10.2 Å². The summed E-state index contributed by atoms with van der Waals surface area (Å²) in [5.74, 6) is 2.29. The van der Waals surface area contributed by atoms with E-state index < -0.39 is 0 Å². The number of nitrogens with one attached hydrogen (secondary N) is 1. The summed E-state index contributed by atoms with van der Waals surface area (Å²) >= 11 is 0. The van der Waals surface area contributed by atoms with Gasteiger partial charge in [-0.05, 0) is 38.0 Å². The number of anilines is 1. The summed E-state index contributed by atoms with van der Waals surface area (Å²) in [5.41, 5.74) is 2.51. The van der Waals surface area contributed by atoms with Crippen molar-refractivity contribution in [1.82, 2.24) is 15.3 Å². The Labute approximate surface area is 127 Å². The van der Waals surface area contributed by atoms with Gasteiger partial charge >= 0.3 is 0 Å². The fourth-order valence-corrected chi connectivity index (χ4v) is 3.82. The first-order valence-corrected chi connectivity index (χ1v) is 8.56. The van der Waals surface area contributed by atoms with Crippen LogP contribution in [-0.4, -0.2) is 28.6 Å². The molecule has 0 amide bonds. The molecule has 4 rings (SSSR count). The van der Waals surface area contributed by atoms with Crippen LogP contribution >= 0.6 is 0 Å². The molecule has 1 aliphatic heterocycles. The van der Waals surface area contributed by atoms with Crippen molar-refractivity contribution in [1.29, 1.82) is 0 Å². The maximum atomic E-state index is 4.88. The van der Waals surface area contributed by atoms with Gasteiger partial charge in [-0.1, -0.05) is 13.8 Å². The molecule has 2 aliphatic carbocycles. The summed E-state index contributed by atoms with van der Waals surface area (Å²) < 4.78 is 0. The van der Waals surface area contributed by atoms with E-state index in [1.165, 1.54) is 50.0 Å². The fraction of sp³-hybridized carbons (Fsp3) is 0.765. The van der Waals surface area contributed by atoms with Gasteiger partial charge in [0.2, 0.25) is 0 Å². The Balaban J connectivity index is 1.60. The van der Waals surface area contributed by atoms with E-state index in [0.29, 0.717) is 5.92 Å². The third-order valence-electron chi connectivity index (χ3n) is 5.23. The molecular weight excluding hydrogens is 260 g/mol. The Kier molecular flexibility index (Phi) is 3.37. The van der Waals surface area contributed by atoms with Crippen molar-refractivity contribution in [2.24, 2.45) is 5.92 Å². The molecule has 21 heavy (non-hydrogen) atoms. The van der Waals surface area contributed by atoms with E-state index in [0.717, 1.165) is 30.4 Å². The highest BCUT2D eigenvalue weighted by Gasteiger charge is 2.39. The van der Waals surface area contributed by atoms with Crippen LogP contribution in [0.25, 0.3) is 0 Å². The Hall–Kier alpha value is -1.16. The molecule has 0 spiro atoms. The van der Waals surface area contributed by atoms with Gasteiger partial charge in [0, 0.05) is 31.1 Å². The monoisotopic (exact) mass is 286 g/mol. The smallest absolute Gasteiger partial charge is 0.131 e. The molecule has 3 fully saturated rings. The van der Waals surface area contributed by atoms with Gasteiger partial charge in [0.25, 0.3) is 0 Å². The van der Waals surface area contributed by atoms with Crippen LogP contribution in [0.4, 0.5) is 5.69 Å². The van der Waals surface area contributed by atoms with E-state index in [1.54, 1.807) is 0 Å². The SMILES string of the molecule is CC(C)c1ncc(N2CC3CCC2C3)c(CNC2CC2)n1. The van der Waals surface area contributed by atoms with E-state index in [1.807, 2.05) is 0 Å². The minimum Gasteiger partial charge on any atom is -0.365 e.